The standard InChI is InChI=1S/C12H15BrClNO2/c13-10-8-9(5-6-11(10)14)15-7-3-1-2-4-12(16)17/h5-6,8,15H,1-4,7H2,(H,16,17). The van der Waals surface area contributed by atoms with Crippen molar-refractivity contribution in [2.24, 2.45) is 0 Å². The Morgan fingerprint density at radius 3 is 2.76 bits per heavy atom. The summed E-state index contributed by atoms with van der Waals surface area (Å²) in [7, 11) is 0. The molecule has 0 aromatic heterocycles. The van der Waals surface area contributed by atoms with Crippen molar-refractivity contribution in [3.63, 3.8) is 0 Å². The minimum atomic E-state index is -0.723. The summed E-state index contributed by atoms with van der Waals surface area (Å²) in [5.74, 6) is -0.723. The molecule has 0 saturated heterocycles. The lowest BCUT2D eigenvalue weighted by Gasteiger charge is -2.07. The van der Waals surface area contributed by atoms with E-state index in [4.69, 9.17) is 16.7 Å². The number of carboxylic acid groups (broad SMARTS) is 1. The maximum absolute atomic E-state index is 10.3. The molecule has 1 rings (SSSR count). The summed E-state index contributed by atoms with van der Waals surface area (Å²) in [6.07, 6.45) is 2.88. The summed E-state index contributed by atoms with van der Waals surface area (Å²) < 4.78 is 0.870. The molecule has 5 heteroatoms. The number of hydrogen-bond acceptors (Lipinski definition) is 2. The summed E-state index contributed by atoms with van der Waals surface area (Å²) >= 11 is 9.24. The number of aliphatic carboxylic acids is 1. The van der Waals surface area contributed by atoms with Crippen molar-refractivity contribution in [3.8, 4) is 0 Å². The van der Waals surface area contributed by atoms with Gasteiger partial charge in [-0.15, -0.1) is 0 Å². The van der Waals surface area contributed by atoms with Crippen LogP contribution >= 0.6 is 27.5 Å². The topological polar surface area (TPSA) is 49.3 Å². The fourth-order valence-electron chi connectivity index (χ4n) is 1.42. The van der Waals surface area contributed by atoms with Crippen LogP contribution in [0.5, 0.6) is 0 Å². The van der Waals surface area contributed by atoms with Crippen LogP contribution in [0.1, 0.15) is 25.7 Å². The van der Waals surface area contributed by atoms with E-state index in [-0.39, 0.29) is 6.42 Å². The Labute approximate surface area is 114 Å². The van der Waals surface area contributed by atoms with Crippen LogP contribution in [0.2, 0.25) is 5.02 Å². The number of hydrogen-bond donors (Lipinski definition) is 2. The Morgan fingerprint density at radius 2 is 2.12 bits per heavy atom. The maximum atomic E-state index is 10.3. The molecule has 0 radical (unpaired) electrons. The van der Waals surface area contributed by atoms with E-state index in [1.807, 2.05) is 18.2 Å². The fraction of sp³-hybridized carbons (Fsp3) is 0.417. The minimum Gasteiger partial charge on any atom is -0.481 e. The molecule has 0 aliphatic carbocycles. The summed E-state index contributed by atoms with van der Waals surface area (Å²) in [4.78, 5) is 10.3. The van der Waals surface area contributed by atoms with Gasteiger partial charge in [-0.2, -0.15) is 0 Å². The van der Waals surface area contributed by atoms with Crippen molar-refractivity contribution in [3.05, 3.63) is 27.7 Å². The van der Waals surface area contributed by atoms with E-state index in [9.17, 15) is 4.79 Å². The highest BCUT2D eigenvalue weighted by molar-refractivity contribution is 9.10. The summed E-state index contributed by atoms with van der Waals surface area (Å²) in [6.45, 7) is 0.841. The second-order valence-electron chi connectivity index (χ2n) is 3.76. The van der Waals surface area contributed by atoms with E-state index < -0.39 is 5.97 Å². The highest BCUT2D eigenvalue weighted by Gasteiger charge is 1.99. The molecule has 17 heavy (non-hydrogen) atoms. The predicted molar refractivity (Wildman–Crippen MR) is 73.7 cm³/mol. The van der Waals surface area contributed by atoms with E-state index >= 15 is 0 Å². The average Bonchev–Trinajstić information content (AvgIpc) is 2.27. The minimum absolute atomic E-state index is 0.256. The first-order valence-electron chi connectivity index (χ1n) is 5.50. The van der Waals surface area contributed by atoms with E-state index in [2.05, 4.69) is 21.2 Å². The summed E-state index contributed by atoms with van der Waals surface area (Å²) in [5, 5.41) is 12.4. The van der Waals surface area contributed by atoms with Crippen LogP contribution < -0.4 is 5.32 Å². The lowest BCUT2D eigenvalue weighted by Crippen LogP contribution is -2.02. The number of halogens is 2. The van der Waals surface area contributed by atoms with Crippen molar-refractivity contribution < 1.29 is 9.90 Å². The molecular weight excluding hydrogens is 305 g/mol. The molecule has 0 fully saturated rings. The molecule has 0 amide bonds. The lowest BCUT2D eigenvalue weighted by molar-refractivity contribution is -0.137. The fourth-order valence-corrected chi connectivity index (χ4v) is 1.91. The van der Waals surface area contributed by atoms with Crippen LogP contribution in [0.3, 0.4) is 0 Å². The van der Waals surface area contributed by atoms with Crippen LogP contribution in [0.4, 0.5) is 5.69 Å². The predicted octanol–water partition coefficient (Wildman–Crippen LogP) is 4.16. The Morgan fingerprint density at radius 1 is 1.35 bits per heavy atom. The first-order valence-corrected chi connectivity index (χ1v) is 6.67. The molecule has 1 aromatic carbocycles. The first kappa shape index (κ1) is 14.3. The molecular formula is C12H15BrClNO2. The largest absolute Gasteiger partial charge is 0.481 e. The number of carbonyl (C=O) groups is 1. The van der Waals surface area contributed by atoms with Crippen molar-refractivity contribution in [2.75, 3.05) is 11.9 Å². The number of nitrogens with one attached hydrogen (secondary N) is 1. The van der Waals surface area contributed by atoms with Gasteiger partial charge in [0.15, 0.2) is 0 Å². The van der Waals surface area contributed by atoms with Crippen LogP contribution in [-0.2, 0) is 4.79 Å². The van der Waals surface area contributed by atoms with Gasteiger partial charge in [-0.05, 0) is 47.0 Å². The van der Waals surface area contributed by atoms with Crippen molar-refractivity contribution in [1.29, 1.82) is 0 Å². The van der Waals surface area contributed by atoms with E-state index in [1.165, 1.54) is 0 Å². The van der Waals surface area contributed by atoms with Gasteiger partial charge in [0.2, 0.25) is 0 Å². The van der Waals surface area contributed by atoms with Gasteiger partial charge in [0.1, 0.15) is 0 Å². The third-order valence-electron chi connectivity index (χ3n) is 2.32. The van der Waals surface area contributed by atoms with E-state index in [0.29, 0.717) is 5.02 Å². The van der Waals surface area contributed by atoms with Crippen LogP contribution in [0.15, 0.2) is 22.7 Å². The zero-order chi connectivity index (χ0) is 12.7. The van der Waals surface area contributed by atoms with Crippen molar-refractivity contribution >= 4 is 39.2 Å². The van der Waals surface area contributed by atoms with E-state index in [1.54, 1.807) is 0 Å². The summed E-state index contributed by atoms with van der Waals surface area (Å²) in [6, 6.07) is 5.68. The molecule has 0 unspecified atom stereocenters. The zero-order valence-electron chi connectivity index (χ0n) is 9.38. The van der Waals surface area contributed by atoms with Gasteiger partial charge in [0.25, 0.3) is 0 Å². The summed E-state index contributed by atoms with van der Waals surface area (Å²) in [5.41, 5.74) is 1.01. The number of unbranched alkanes of at least 4 members (excludes halogenated alkanes) is 2. The monoisotopic (exact) mass is 319 g/mol. The third-order valence-corrected chi connectivity index (χ3v) is 3.53. The molecule has 1 aromatic rings. The molecule has 0 aliphatic rings. The highest BCUT2D eigenvalue weighted by Crippen LogP contribution is 2.25. The number of anilines is 1. The van der Waals surface area contributed by atoms with Gasteiger partial charge in [-0.25, -0.2) is 0 Å². The second kappa shape index (κ2) is 7.56. The van der Waals surface area contributed by atoms with Crippen LogP contribution in [0.25, 0.3) is 0 Å². The lowest BCUT2D eigenvalue weighted by atomic mass is 10.2. The Hall–Kier alpha value is -0.740. The molecule has 2 N–H and O–H groups in total. The molecule has 0 atom stereocenters. The van der Waals surface area contributed by atoms with E-state index in [0.717, 1.165) is 36.0 Å². The van der Waals surface area contributed by atoms with Crippen LogP contribution in [-0.4, -0.2) is 17.6 Å². The first-order chi connectivity index (χ1) is 8.09. The Kier molecular flexibility index (Phi) is 6.37. The molecule has 0 heterocycles. The normalized spacial score (nSPS) is 10.2. The van der Waals surface area contributed by atoms with Crippen LogP contribution in [0, 0.1) is 0 Å². The number of rotatable bonds is 7. The van der Waals surface area contributed by atoms with Gasteiger partial charge in [0.05, 0.1) is 5.02 Å². The quantitative estimate of drug-likeness (QED) is 0.742. The van der Waals surface area contributed by atoms with Gasteiger partial charge in [0, 0.05) is 23.1 Å². The van der Waals surface area contributed by atoms with Crippen molar-refractivity contribution in [1.82, 2.24) is 0 Å². The van der Waals surface area contributed by atoms with Crippen molar-refractivity contribution in [2.45, 2.75) is 25.7 Å². The third kappa shape index (κ3) is 5.94. The zero-order valence-corrected chi connectivity index (χ0v) is 11.7. The molecule has 0 spiro atoms. The SMILES string of the molecule is O=C(O)CCCCCNc1ccc(Cl)c(Br)c1. The maximum Gasteiger partial charge on any atom is 0.303 e. The highest BCUT2D eigenvalue weighted by atomic mass is 79.9. The Bertz CT molecular complexity index is 385. The number of benzene rings is 1. The van der Waals surface area contributed by atoms with Gasteiger partial charge < -0.3 is 10.4 Å². The average molecular weight is 321 g/mol. The molecule has 0 aliphatic heterocycles. The van der Waals surface area contributed by atoms with Gasteiger partial charge in [-0.3, -0.25) is 4.79 Å². The van der Waals surface area contributed by atoms with Gasteiger partial charge in [-0.1, -0.05) is 18.0 Å². The molecule has 94 valence electrons. The molecule has 0 bridgehead atoms. The molecule has 0 saturated carbocycles. The molecule has 3 nitrogen and oxygen atoms in total. The second-order valence-corrected chi connectivity index (χ2v) is 5.02. The number of carboxylic acids is 1. The van der Waals surface area contributed by atoms with Gasteiger partial charge >= 0.3 is 5.97 Å². The Balaban J connectivity index is 2.18. The smallest absolute Gasteiger partial charge is 0.303 e.